The highest BCUT2D eigenvalue weighted by molar-refractivity contribution is 7.89. The summed E-state index contributed by atoms with van der Waals surface area (Å²) in [6.07, 6.45) is -0.0893. The SMILES string of the molecule is CN(C)S(=O)(=O)C[C@@H]1CN(C(=O)CCc2cccc(O)c2)C[C@@H]1O. The third-order valence-corrected chi connectivity index (χ3v) is 6.24. The predicted octanol–water partition coefficient (Wildman–Crippen LogP) is 0.0355. The van der Waals surface area contributed by atoms with Gasteiger partial charge in [-0.05, 0) is 24.1 Å². The molecule has 0 radical (unpaired) electrons. The molecule has 0 aromatic heterocycles. The number of carbonyl (C=O) groups is 1. The maximum atomic E-state index is 12.3. The van der Waals surface area contributed by atoms with Crippen LogP contribution in [-0.4, -0.2) is 72.8 Å². The molecule has 0 aliphatic carbocycles. The smallest absolute Gasteiger partial charge is 0.223 e. The molecule has 1 amide bonds. The van der Waals surface area contributed by atoms with Crippen molar-refractivity contribution in [1.82, 2.24) is 9.21 Å². The summed E-state index contributed by atoms with van der Waals surface area (Å²) in [5.41, 5.74) is 0.856. The largest absolute Gasteiger partial charge is 0.508 e. The molecule has 7 nitrogen and oxygen atoms in total. The number of carbonyl (C=O) groups excluding carboxylic acids is 1. The molecule has 0 bridgehead atoms. The van der Waals surface area contributed by atoms with E-state index in [1.54, 1.807) is 18.2 Å². The molecule has 1 aliphatic rings. The maximum Gasteiger partial charge on any atom is 0.223 e. The van der Waals surface area contributed by atoms with Crippen LogP contribution in [-0.2, 0) is 21.2 Å². The second-order valence-electron chi connectivity index (χ2n) is 6.36. The summed E-state index contributed by atoms with van der Waals surface area (Å²) in [5, 5.41) is 19.5. The van der Waals surface area contributed by atoms with E-state index in [0.717, 1.165) is 9.87 Å². The standard InChI is InChI=1S/C16H24N2O5S/c1-17(2)24(22,23)11-13-9-18(10-15(13)20)16(21)7-6-12-4-3-5-14(19)8-12/h3-5,8,13,15,19-20H,6-7,9-11H2,1-2H3/t13-,15-/m0/s1. The summed E-state index contributed by atoms with van der Waals surface area (Å²) in [5.74, 6) is -0.605. The normalized spacial score (nSPS) is 21.4. The Hall–Kier alpha value is -1.64. The lowest BCUT2D eigenvalue weighted by Gasteiger charge is -2.18. The molecular weight excluding hydrogens is 332 g/mol. The Kier molecular flexibility index (Phi) is 5.84. The van der Waals surface area contributed by atoms with E-state index in [-0.39, 0.29) is 36.9 Å². The van der Waals surface area contributed by atoms with Gasteiger partial charge in [0.1, 0.15) is 5.75 Å². The van der Waals surface area contributed by atoms with Gasteiger partial charge in [-0.3, -0.25) is 4.79 Å². The van der Waals surface area contributed by atoms with E-state index >= 15 is 0 Å². The van der Waals surface area contributed by atoms with Gasteiger partial charge in [-0.15, -0.1) is 0 Å². The fraction of sp³-hybridized carbons (Fsp3) is 0.562. The van der Waals surface area contributed by atoms with Crippen molar-refractivity contribution in [3.05, 3.63) is 29.8 Å². The van der Waals surface area contributed by atoms with Gasteiger partial charge in [0.25, 0.3) is 0 Å². The number of phenolic OH excluding ortho intramolecular Hbond substituents is 1. The van der Waals surface area contributed by atoms with Gasteiger partial charge in [0.15, 0.2) is 0 Å². The average Bonchev–Trinajstić information content (AvgIpc) is 2.85. The van der Waals surface area contributed by atoms with Gasteiger partial charge in [0.05, 0.1) is 11.9 Å². The van der Waals surface area contributed by atoms with Crippen LogP contribution in [0.15, 0.2) is 24.3 Å². The van der Waals surface area contributed by atoms with Gasteiger partial charge >= 0.3 is 0 Å². The van der Waals surface area contributed by atoms with Gasteiger partial charge in [-0.25, -0.2) is 12.7 Å². The van der Waals surface area contributed by atoms with Crippen LogP contribution in [0.2, 0.25) is 0 Å². The molecule has 0 spiro atoms. The average molecular weight is 356 g/mol. The molecule has 1 heterocycles. The third kappa shape index (κ3) is 4.68. The molecule has 0 saturated carbocycles. The Balaban J connectivity index is 1.90. The van der Waals surface area contributed by atoms with Crippen LogP contribution in [0.25, 0.3) is 0 Å². The number of aliphatic hydroxyl groups is 1. The topological polar surface area (TPSA) is 98.2 Å². The van der Waals surface area contributed by atoms with Crippen molar-refractivity contribution in [3.8, 4) is 5.75 Å². The van der Waals surface area contributed by atoms with Crippen LogP contribution in [0.1, 0.15) is 12.0 Å². The molecule has 2 rings (SSSR count). The van der Waals surface area contributed by atoms with Crippen LogP contribution in [0, 0.1) is 5.92 Å². The molecule has 2 N–H and O–H groups in total. The van der Waals surface area contributed by atoms with Crippen molar-refractivity contribution in [2.45, 2.75) is 18.9 Å². The number of aryl methyl sites for hydroxylation is 1. The summed E-state index contributed by atoms with van der Waals surface area (Å²) in [7, 11) is -0.510. The number of hydrogen-bond donors (Lipinski definition) is 2. The number of rotatable bonds is 6. The number of β-amino-alcohol motifs (C(OH)–C–C–N with tert-alkyl or cyclic N) is 1. The Bertz CT molecular complexity index is 689. The summed E-state index contributed by atoms with van der Waals surface area (Å²) in [6, 6.07) is 6.73. The summed E-state index contributed by atoms with van der Waals surface area (Å²) < 4.78 is 25.0. The molecule has 2 atom stereocenters. The highest BCUT2D eigenvalue weighted by atomic mass is 32.2. The van der Waals surface area contributed by atoms with Crippen LogP contribution in [0.5, 0.6) is 5.75 Å². The number of sulfonamides is 1. The van der Waals surface area contributed by atoms with Crippen molar-refractivity contribution in [2.24, 2.45) is 5.92 Å². The second-order valence-corrected chi connectivity index (χ2v) is 8.58. The number of aliphatic hydroxyl groups excluding tert-OH is 1. The fourth-order valence-corrected chi connectivity index (χ4v) is 3.93. The summed E-state index contributed by atoms with van der Waals surface area (Å²) >= 11 is 0. The minimum atomic E-state index is -3.42. The van der Waals surface area contributed by atoms with Crippen LogP contribution < -0.4 is 0 Å². The van der Waals surface area contributed by atoms with E-state index in [9.17, 15) is 23.4 Å². The fourth-order valence-electron chi connectivity index (χ4n) is 2.76. The second kappa shape index (κ2) is 7.50. The number of hydrogen-bond acceptors (Lipinski definition) is 5. The highest BCUT2D eigenvalue weighted by Crippen LogP contribution is 2.21. The van der Waals surface area contributed by atoms with Crippen molar-refractivity contribution >= 4 is 15.9 Å². The molecule has 8 heteroatoms. The molecular formula is C16H24N2O5S. The monoisotopic (exact) mass is 356 g/mol. The van der Waals surface area contributed by atoms with Gasteiger partial charge in [0.2, 0.25) is 15.9 Å². The summed E-state index contributed by atoms with van der Waals surface area (Å²) in [6.45, 7) is 0.402. The van der Waals surface area contributed by atoms with Crippen molar-refractivity contribution in [3.63, 3.8) is 0 Å². The minimum Gasteiger partial charge on any atom is -0.508 e. The lowest BCUT2D eigenvalue weighted by atomic mass is 10.1. The van der Waals surface area contributed by atoms with E-state index in [4.69, 9.17) is 0 Å². The van der Waals surface area contributed by atoms with E-state index in [2.05, 4.69) is 0 Å². The predicted molar refractivity (Wildman–Crippen MR) is 90.0 cm³/mol. The quantitative estimate of drug-likeness (QED) is 0.750. The number of amides is 1. The Morgan fingerprint density at radius 3 is 2.67 bits per heavy atom. The molecule has 134 valence electrons. The zero-order valence-corrected chi connectivity index (χ0v) is 14.7. The molecule has 1 aliphatic heterocycles. The van der Waals surface area contributed by atoms with Gasteiger partial charge < -0.3 is 15.1 Å². The molecule has 1 saturated heterocycles. The van der Waals surface area contributed by atoms with Crippen molar-refractivity contribution in [1.29, 1.82) is 0 Å². The molecule has 1 fully saturated rings. The lowest BCUT2D eigenvalue weighted by Crippen LogP contribution is -2.33. The zero-order valence-electron chi connectivity index (χ0n) is 13.9. The van der Waals surface area contributed by atoms with Gasteiger partial charge in [-0.2, -0.15) is 0 Å². The Morgan fingerprint density at radius 2 is 2.04 bits per heavy atom. The number of nitrogens with zero attached hydrogens (tertiary/aromatic N) is 2. The van der Waals surface area contributed by atoms with E-state index < -0.39 is 22.0 Å². The third-order valence-electron chi connectivity index (χ3n) is 4.28. The summed E-state index contributed by atoms with van der Waals surface area (Å²) in [4.78, 5) is 13.8. The van der Waals surface area contributed by atoms with E-state index in [1.807, 2.05) is 6.07 Å². The molecule has 1 aromatic rings. The van der Waals surface area contributed by atoms with Crippen LogP contribution in [0.4, 0.5) is 0 Å². The van der Waals surface area contributed by atoms with E-state index in [0.29, 0.717) is 6.42 Å². The number of likely N-dealkylation sites (tertiary alicyclic amines) is 1. The number of phenols is 1. The van der Waals surface area contributed by atoms with Gasteiger partial charge in [0, 0.05) is 39.5 Å². The van der Waals surface area contributed by atoms with Gasteiger partial charge in [-0.1, -0.05) is 12.1 Å². The first-order chi connectivity index (χ1) is 11.2. The van der Waals surface area contributed by atoms with Crippen molar-refractivity contribution in [2.75, 3.05) is 32.9 Å². The Morgan fingerprint density at radius 1 is 1.33 bits per heavy atom. The Labute approximate surface area is 142 Å². The first-order valence-electron chi connectivity index (χ1n) is 7.83. The first kappa shape index (κ1) is 18.7. The highest BCUT2D eigenvalue weighted by Gasteiger charge is 2.37. The maximum absolute atomic E-state index is 12.3. The van der Waals surface area contributed by atoms with E-state index in [1.165, 1.54) is 19.0 Å². The van der Waals surface area contributed by atoms with Crippen molar-refractivity contribution < 1.29 is 23.4 Å². The lowest BCUT2D eigenvalue weighted by molar-refractivity contribution is -0.130. The van der Waals surface area contributed by atoms with Crippen LogP contribution >= 0.6 is 0 Å². The number of benzene rings is 1. The molecule has 0 unspecified atom stereocenters. The zero-order chi connectivity index (χ0) is 17.9. The number of aromatic hydroxyl groups is 1. The molecule has 24 heavy (non-hydrogen) atoms. The minimum absolute atomic E-state index is 0.123. The van der Waals surface area contributed by atoms with Crippen LogP contribution in [0.3, 0.4) is 0 Å². The molecule has 1 aromatic carbocycles. The first-order valence-corrected chi connectivity index (χ1v) is 9.44.